The Kier molecular flexibility index (Phi) is 3.40. The van der Waals surface area contributed by atoms with E-state index in [1.165, 1.54) is 17.8 Å². The second kappa shape index (κ2) is 4.12. The average molecular weight is 235 g/mol. The summed E-state index contributed by atoms with van der Waals surface area (Å²) in [5.41, 5.74) is 0. The van der Waals surface area contributed by atoms with Gasteiger partial charge >= 0.3 is 0 Å². The molecular weight excluding hydrogens is 227 g/mol. The fourth-order valence-electron chi connectivity index (χ4n) is 0.765. The summed E-state index contributed by atoms with van der Waals surface area (Å²) in [4.78, 5) is 0.704. The Balaban J connectivity index is 3.00. The number of hydrogen-bond acceptors (Lipinski definition) is 1. The van der Waals surface area contributed by atoms with E-state index in [1.54, 1.807) is 6.07 Å². The summed E-state index contributed by atoms with van der Waals surface area (Å²) in [6.45, 7) is 2.00. The predicted molar refractivity (Wildman–Crippen MR) is 50.5 cm³/mol. The van der Waals surface area contributed by atoms with Crippen LogP contribution in [0, 0.1) is 5.82 Å². The Hall–Kier alpha value is -0.0200. The molecule has 60 valence electrons. The lowest BCUT2D eigenvalue weighted by Gasteiger charge is -2.02. The van der Waals surface area contributed by atoms with Gasteiger partial charge in [0, 0.05) is 4.47 Å². The van der Waals surface area contributed by atoms with Gasteiger partial charge in [-0.25, -0.2) is 4.39 Å². The molecule has 0 saturated heterocycles. The number of hydrogen-bond donors (Lipinski definition) is 0. The summed E-state index contributed by atoms with van der Waals surface area (Å²) >= 11 is 4.79. The largest absolute Gasteiger partial charge is 0.206 e. The molecule has 0 heterocycles. The van der Waals surface area contributed by atoms with Crippen molar-refractivity contribution >= 4 is 27.7 Å². The van der Waals surface area contributed by atoms with Crippen molar-refractivity contribution in [2.24, 2.45) is 0 Å². The van der Waals surface area contributed by atoms with Crippen molar-refractivity contribution in [1.82, 2.24) is 0 Å². The van der Waals surface area contributed by atoms with Crippen LogP contribution in [0.5, 0.6) is 0 Å². The Labute approximate surface area is 78.3 Å². The highest BCUT2D eigenvalue weighted by atomic mass is 79.9. The Morgan fingerprint density at radius 1 is 1.55 bits per heavy atom. The van der Waals surface area contributed by atoms with E-state index in [-0.39, 0.29) is 5.82 Å². The molecular formula is C8H8BrFS. The van der Waals surface area contributed by atoms with Crippen molar-refractivity contribution in [3.05, 3.63) is 28.5 Å². The molecule has 0 fully saturated rings. The van der Waals surface area contributed by atoms with Gasteiger partial charge in [0.15, 0.2) is 0 Å². The number of rotatable bonds is 2. The Morgan fingerprint density at radius 3 is 2.82 bits per heavy atom. The molecule has 0 aliphatic rings. The molecule has 0 N–H and O–H groups in total. The van der Waals surface area contributed by atoms with Gasteiger partial charge in [-0.3, -0.25) is 0 Å². The van der Waals surface area contributed by atoms with E-state index in [0.717, 1.165) is 10.2 Å². The number of thioether (sulfide) groups is 1. The lowest BCUT2D eigenvalue weighted by molar-refractivity contribution is 0.600. The van der Waals surface area contributed by atoms with Gasteiger partial charge < -0.3 is 0 Å². The van der Waals surface area contributed by atoms with E-state index < -0.39 is 0 Å². The summed E-state index contributed by atoms with van der Waals surface area (Å²) in [5.74, 6) is 0.741. The molecule has 0 radical (unpaired) electrons. The first kappa shape index (κ1) is 9.07. The fourth-order valence-corrected chi connectivity index (χ4v) is 2.15. The van der Waals surface area contributed by atoms with Crippen LogP contribution in [0.1, 0.15) is 6.92 Å². The zero-order chi connectivity index (χ0) is 8.27. The standard InChI is InChI=1S/C8H8BrFS/c1-2-11-8-6(9)4-3-5-7(8)10/h3-5H,2H2,1H3. The van der Waals surface area contributed by atoms with Crippen LogP contribution in [-0.2, 0) is 0 Å². The molecule has 11 heavy (non-hydrogen) atoms. The van der Waals surface area contributed by atoms with Gasteiger partial charge in [0.2, 0.25) is 0 Å². The quantitative estimate of drug-likeness (QED) is 0.704. The summed E-state index contributed by atoms with van der Waals surface area (Å²) in [7, 11) is 0. The van der Waals surface area contributed by atoms with Crippen molar-refractivity contribution in [3.8, 4) is 0 Å². The maximum absolute atomic E-state index is 13.0. The van der Waals surface area contributed by atoms with Crippen molar-refractivity contribution < 1.29 is 4.39 Å². The van der Waals surface area contributed by atoms with Crippen LogP contribution in [0.15, 0.2) is 27.6 Å². The molecule has 0 aromatic heterocycles. The van der Waals surface area contributed by atoms with Crippen molar-refractivity contribution in [3.63, 3.8) is 0 Å². The van der Waals surface area contributed by atoms with Crippen molar-refractivity contribution in [2.75, 3.05) is 5.75 Å². The van der Waals surface area contributed by atoms with Gasteiger partial charge in [-0.1, -0.05) is 13.0 Å². The smallest absolute Gasteiger partial charge is 0.137 e. The van der Waals surface area contributed by atoms with Gasteiger partial charge in [-0.05, 0) is 33.8 Å². The topological polar surface area (TPSA) is 0 Å². The molecule has 0 bridgehead atoms. The molecule has 0 amide bonds. The van der Waals surface area contributed by atoms with Crippen LogP contribution in [0.25, 0.3) is 0 Å². The van der Waals surface area contributed by atoms with Gasteiger partial charge in [0.25, 0.3) is 0 Å². The maximum atomic E-state index is 13.0. The van der Waals surface area contributed by atoms with Crippen molar-refractivity contribution in [2.45, 2.75) is 11.8 Å². The third-order valence-electron chi connectivity index (χ3n) is 1.21. The van der Waals surface area contributed by atoms with Crippen LogP contribution < -0.4 is 0 Å². The molecule has 0 unspecified atom stereocenters. The molecule has 3 heteroatoms. The first-order chi connectivity index (χ1) is 5.25. The van der Waals surface area contributed by atoms with Crippen LogP contribution in [0.3, 0.4) is 0 Å². The second-order valence-corrected chi connectivity index (χ2v) is 4.11. The van der Waals surface area contributed by atoms with E-state index in [1.807, 2.05) is 13.0 Å². The number of benzene rings is 1. The SMILES string of the molecule is CCSc1c(F)cccc1Br. The van der Waals surface area contributed by atoms with Crippen molar-refractivity contribution in [1.29, 1.82) is 0 Å². The summed E-state index contributed by atoms with van der Waals surface area (Å²) in [6, 6.07) is 5.02. The van der Waals surface area contributed by atoms with Gasteiger partial charge in [0.05, 0.1) is 4.90 Å². The van der Waals surface area contributed by atoms with Gasteiger partial charge in [0.1, 0.15) is 5.82 Å². The summed E-state index contributed by atoms with van der Waals surface area (Å²) in [5, 5.41) is 0. The number of halogens is 2. The van der Waals surface area contributed by atoms with Gasteiger partial charge in [-0.15, -0.1) is 11.8 Å². The summed E-state index contributed by atoms with van der Waals surface area (Å²) < 4.78 is 13.8. The average Bonchev–Trinajstić information content (AvgIpc) is 1.97. The van der Waals surface area contributed by atoms with E-state index in [4.69, 9.17) is 0 Å². The van der Waals surface area contributed by atoms with E-state index in [2.05, 4.69) is 15.9 Å². The molecule has 0 nitrogen and oxygen atoms in total. The van der Waals surface area contributed by atoms with Crippen LogP contribution in [0.2, 0.25) is 0 Å². The minimum absolute atomic E-state index is 0.147. The Bertz CT molecular complexity index is 230. The van der Waals surface area contributed by atoms with Crippen LogP contribution in [0.4, 0.5) is 4.39 Å². The molecule has 0 saturated carbocycles. The molecule has 0 atom stereocenters. The highest BCUT2D eigenvalue weighted by molar-refractivity contribution is 9.10. The molecule has 0 spiro atoms. The highest BCUT2D eigenvalue weighted by Crippen LogP contribution is 2.29. The maximum Gasteiger partial charge on any atom is 0.137 e. The molecule has 1 aromatic carbocycles. The zero-order valence-electron chi connectivity index (χ0n) is 6.10. The van der Waals surface area contributed by atoms with Crippen LogP contribution in [-0.4, -0.2) is 5.75 Å². The third-order valence-corrected chi connectivity index (χ3v) is 3.12. The van der Waals surface area contributed by atoms with Gasteiger partial charge in [-0.2, -0.15) is 0 Å². The second-order valence-electron chi connectivity index (χ2n) is 1.98. The minimum Gasteiger partial charge on any atom is -0.206 e. The third kappa shape index (κ3) is 2.20. The first-order valence-corrected chi connectivity index (χ1v) is 5.10. The highest BCUT2D eigenvalue weighted by Gasteiger charge is 2.04. The molecule has 0 aliphatic carbocycles. The van der Waals surface area contributed by atoms with E-state index in [0.29, 0.717) is 4.90 Å². The zero-order valence-corrected chi connectivity index (χ0v) is 8.51. The van der Waals surface area contributed by atoms with E-state index >= 15 is 0 Å². The lowest BCUT2D eigenvalue weighted by atomic mass is 10.3. The van der Waals surface area contributed by atoms with Crippen LogP contribution >= 0.6 is 27.7 Å². The lowest BCUT2D eigenvalue weighted by Crippen LogP contribution is -1.82. The Morgan fingerprint density at radius 2 is 2.27 bits per heavy atom. The fraction of sp³-hybridized carbons (Fsp3) is 0.250. The summed E-state index contributed by atoms with van der Waals surface area (Å²) in [6.07, 6.45) is 0. The molecule has 1 aromatic rings. The van der Waals surface area contributed by atoms with E-state index in [9.17, 15) is 4.39 Å². The molecule has 0 aliphatic heterocycles. The monoisotopic (exact) mass is 234 g/mol. The first-order valence-electron chi connectivity index (χ1n) is 3.32. The minimum atomic E-state index is -0.147. The predicted octanol–water partition coefficient (Wildman–Crippen LogP) is 3.70. The normalized spacial score (nSPS) is 10.1. The molecule has 1 rings (SSSR count).